The number of nitrogens with zero attached hydrogens (tertiary/aromatic N) is 4. The zero-order chi connectivity index (χ0) is 19.1. The van der Waals surface area contributed by atoms with Crippen LogP contribution in [0.3, 0.4) is 0 Å². The van der Waals surface area contributed by atoms with E-state index in [0.29, 0.717) is 12.4 Å². The summed E-state index contributed by atoms with van der Waals surface area (Å²) in [5, 5.41) is 17.2. The highest BCUT2D eigenvalue weighted by atomic mass is 16.5. The van der Waals surface area contributed by atoms with Gasteiger partial charge in [-0.1, -0.05) is 0 Å². The molecule has 1 aliphatic heterocycles. The predicted molar refractivity (Wildman–Crippen MR) is 92.9 cm³/mol. The number of nitrogens with one attached hydrogen (secondary N) is 1. The third-order valence-electron chi connectivity index (χ3n) is 4.49. The van der Waals surface area contributed by atoms with Crippen molar-refractivity contribution in [2.24, 2.45) is 0 Å². The van der Waals surface area contributed by atoms with E-state index in [1.165, 1.54) is 4.57 Å². The second-order valence-corrected chi connectivity index (χ2v) is 6.73. The van der Waals surface area contributed by atoms with Gasteiger partial charge in [0, 0.05) is 24.8 Å². The number of carbonyl (C=O) groups is 1. The standard InChI is InChI=1S/C17H23N5O4/c1-5-21-9-11(10(2)20-21)8-18-14(24)12-13(23)15(25)22-6-7-26-17(3,4)16(22)19-12/h9,23H,5-8H2,1-4H3,(H,18,24). The van der Waals surface area contributed by atoms with Gasteiger partial charge in [0.2, 0.25) is 5.75 Å². The number of ether oxygens (including phenoxy) is 1. The highest BCUT2D eigenvalue weighted by Crippen LogP contribution is 2.27. The molecule has 0 radical (unpaired) electrons. The van der Waals surface area contributed by atoms with Gasteiger partial charge < -0.3 is 15.2 Å². The van der Waals surface area contributed by atoms with Crippen molar-refractivity contribution in [1.82, 2.24) is 24.6 Å². The molecule has 0 bridgehead atoms. The largest absolute Gasteiger partial charge is 0.501 e. The Labute approximate surface area is 150 Å². The van der Waals surface area contributed by atoms with E-state index < -0.39 is 22.8 Å². The number of aryl methyl sites for hydroxylation is 2. The monoisotopic (exact) mass is 361 g/mol. The first-order valence-electron chi connectivity index (χ1n) is 8.54. The molecule has 9 heteroatoms. The van der Waals surface area contributed by atoms with Crippen LogP contribution in [0.15, 0.2) is 11.0 Å². The van der Waals surface area contributed by atoms with Crippen LogP contribution in [0, 0.1) is 6.92 Å². The molecule has 0 spiro atoms. The van der Waals surface area contributed by atoms with Gasteiger partial charge in [0.15, 0.2) is 5.69 Å². The van der Waals surface area contributed by atoms with E-state index in [2.05, 4.69) is 15.4 Å². The Hall–Kier alpha value is -2.68. The first-order valence-corrected chi connectivity index (χ1v) is 8.54. The zero-order valence-electron chi connectivity index (χ0n) is 15.4. The molecule has 0 aromatic carbocycles. The fraction of sp³-hybridized carbons (Fsp3) is 0.529. The molecule has 1 aliphatic rings. The minimum Gasteiger partial charge on any atom is -0.501 e. The highest BCUT2D eigenvalue weighted by Gasteiger charge is 2.34. The van der Waals surface area contributed by atoms with Crippen LogP contribution in [-0.4, -0.2) is 37.0 Å². The van der Waals surface area contributed by atoms with Crippen LogP contribution >= 0.6 is 0 Å². The lowest BCUT2D eigenvalue weighted by Gasteiger charge is -2.32. The van der Waals surface area contributed by atoms with E-state index in [0.717, 1.165) is 17.8 Å². The lowest BCUT2D eigenvalue weighted by molar-refractivity contribution is -0.0566. The SMILES string of the molecule is CCn1cc(CNC(=O)c2nc3n(c(=O)c2O)CCOC3(C)C)c(C)n1. The number of fused-ring (bicyclic) bond motifs is 1. The molecule has 1 amide bonds. The molecule has 0 aliphatic carbocycles. The van der Waals surface area contributed by atoms with Crippen LogP contribution in [0.2, 0.25) is 0 Å². The topological polar surface area (TPSA) is 111 Å². The summed E-state index contributed by atoms with van der Waals surface area (Å²) in [4.78, 5) is 29.2. The molecule has 0 unspecified atom stereocenters. The Morgan fingerprint density at radius 1 is 1.46 bits per heavy atom. The van der Waals surface area contributed by atoms with Crippen molar-refractivity contribution in [1.29, 1.82) is 0 Å². The second kappa shape index (κ2) is 6.56. The molecule has 26 heavy (non-hydrogen) atoms. The molecule has 2 N–H and O–H groups in total. The maximum Gasteiger partial charge on any atom is 0.296 e. The summed E-state index contributed by atoms with van der Waals surface area (Å²) in [6.45, 7) is 8.95. The maximum atomic E-state index is 12.5. The number of hydrogen-bond donors (Lipinski definition) is 2. The van der Waals surface area contributed by atoms with Crippen LogP contribution < -0.4 is 10.9 Å². The molecule has 3 heterocycles. The molecular weight excluding hydrogens is 338 g/mol. The first-order chi connectivity index (χ1) is 12.2. The van der Waals surface area contributed by atoms with E-state index in [-0.39, 0.29) is 18.8 Å². The van der Waals surface area contributed by atoms with E-state index in [1.807, 2.05) is 20.0 Å². The Morgan fingerprint density at radius 2 is 2.19 bits per heavy atom. The van der Waals surface area contributed by atoms with Gasteiger partial charge in [0.1, 0.15) is 11.4 Å². The van der Waals surface area contributed by atoms with Gasteiger partial charge in [0.05, 0.1) is 18.8 Å². The van der Waals surface area contributed by atoms with Crippen molar-refractivity contribution in [2.75, 3.05) is 6.61 Å². The summed E-state index contributed by atoms with van der Waals surface area (Å²) in [6.07, 6.45) is 1.85. The van der Waals surface area contributed by atoms with E-state index >= 15 is 0 Å². The number of aromatic hydroxyl groups is 1. The fourth-order valence-electron chi connectivity index (χ4n) is 2.98. The first kappa shape index (κ1) is 18.1. The molecule has 0 saturated carbocycles. The Bertz CT molecular complexity index is 913. The Kier molecular flexibility index (Phi) is 4.57. The quantitative estimate of drug-likeness (QED) is 0.828. The van der Waals surface area contributed by atoms with Gasteiger partial charge in [-0.15, -0.1) is 0 Å². The molecule has 0 fully saturated rings. The minimum atomic E-state index is -0.820. The van der Waals surface area contributed by atoms with Gasteiger partial charge in [0.25, 0.3) is 11.5 Å². The van der Waals surface area contributed by atoms with Crippen LogP contribution in [0.5, 0.6) is 5.75 Å². The predicted octanol–water partition coefficient (Wildman–Crippen LogP) is 0.669. The van der Waals surface area contributed by atoms with Crippen LogP contribution in [0.25, 0.3) is 0 Å². The summed E-state index contributed by atoms with van der Waals surface area (Å²) in [5.74, 6) is -0.940. The fourth-order valence-corrected chi connectivity index (χ4v) is 2.98. The molecule has 3 rings (SSSR count). The number of hydrogen-bond acceptors (Lipinski definition) is 6. The van der Waals surface area contributed by atoms with Crippen LogP contribution in [0.4, 0.5) is 0 Å². The number of carbonyl (C=O) groups excluding carboxylic acids is 1. The molecule has 2 aromatic rings. The molecule has 140 valence electrons. The summed E-state index contributed by atoms with van der Waals surface area (Å²) in [7, 11) is 0. The van der Waals surface area contributed by atoms with E-state index in [1.54, 1.807) is 18.5 Å². The smallest absolute Gasteiger partial charge is 0.296 e. The summed E-state index contributed by atoms with van der Waals surface area (Å²) in [5.41, 5.74) is -0.0757. The van der Waals surface area contributed by atoms with Crippen molar-refractivity contribution in [3.05, 3.63) is 39.3 Å². The third kappa shape index (κ3) is 3.10. The lowest BCUT2D eigenvalue weighted by Crippen LogP contribution is -2.42. The van der Waals surface area contributed by atoms with Gasteiger partial charge >= 0.3 is 0 Å². The van der Waals surface area contributed by atoms with Gasteiger partial charge in [-0.2, -0.15) is 5.10 Å². The minimum absolute atomic E-state index is 0.226. The van der Waals surface area contributed by atoms with Crippen molar-refractivity contribution in [3.8, 4) is 5.75 Å². The van der Waals surface area contributed by atoms with Gasteiger partial charge in [-0.3, -0.25) is 18.8 Å². The van der Waals surface area contributed by atoms with Gasteiger partial charge in [-0.25, -0.2) is 4.98 Å². The zero-order valence-corrected chi connectivity index (χ0v) is 15.4. The number of amides is 1. The van der Waals surface area contributed by atoms with Crippen molar-refractivity contribution >= 4 is 5.91 Å². The molecule has 0 atom stereocenters. The maximum absolute atomic E-state index is 12.5. The summed E-state index contributed by atoms with van der Waals surface area (Å²) >= 11 is 0. The summed E-state index contributed by atoms with van der Waals surface area (Å²) in [6, 6.07) is 0. The molecule has 9 nitrogen and oxygen atoms in total. The Balaban J connectivity index is 1.89. The van der Waals surface area contributed by atoms with Gasteiger partial charge in [-0.05, 0) is 27.7 Å². The normalized spacial score (nSPS) is 15.5. The lowest BCUT2D eigenvalue weighted by atomic mass is 10.1. The average molecular weight is 361 g/mol. The van der Waals surface area contributed by atoms with Crippen LogP contribution in [0.1, 0.15) is 48.3 Å². The molecular formula is C17H23N5O4. The second-order valence-electron chi connectivity index (χ2n) is 6.73. The number of rotatable bonds is 4. The summed E-state index contributed by atoms with van der Waals surface area (Å²) < 4.78 is 8.76. The molecule has 0 saturated heterocycles. The third-order valence-corrected chi connectivity index (χ3v) is 4.49. The van der Waals surface area contributed by atoms with Crippen molar-refractivity contribution < 1.29 is 14.6 Å². The van der Waals surface area contributed by atoms with Crippen LogP contribution in [-0.2, 0) is 30.0 Å². The Morgan fingerprint density at radius 3 is 2.85 bits per heavy atom. The van der Waals surface area contributed by atoms with E-state index in [9.17, 15) is 14.7 Å². The number of aromatic nitrogens is 4. The van der Waals surface area contributed by atoms with Crippen molar-refractivity contribution in [3.63, 3.8) is 0 Å². The average Bonchev–Trinajstić information content (AvgIpc) is 2.96. The highest BCUT2D eigenvalue weighted by molar-refractivity contribution is 5.94. The molecule has 2 aromatic heterocycles. The van der Waals surface area contributed by atoms with E-state index in [4.69, 9.17) is 4.74 Å². The van der Waals surface area contributed by atoms with Crippen molar-refractivity contribution in [2.45, 2.75) is 52.9 Å².